The lowest BCUT2D eigenvalue weighted by molar-refractivity contribution is -0.132. The summed E-state index contributed by atoms with van der Waals surface area (Å²) in [5, 5.41) is 0. The zero-order valence-corrected chi connectivity index (χ0v) is 18.1. The molecule has 36 heavy (non-hydrogen) atoms. The first kappa shape index (κ1) is 25.0. The minimum Gasteiger partial charge on any atom is -0.476 e. The molecule has 1 aliphatic heterocycles. The maximum Gasteiger partial charge on any atom is 0.449 e. The summed E-state index contributed by atoms with van der Waals surface area (Å²) in [5.74, 6) is -6.46. The van der Waals surface area contributed by atoms with Gasteiger partial charge in [0.15, 0.2) is 11.9 Å². The van der Waals surface area contributed by atoms with Crippen molar-refractivity contribution in [1.29, 1.82) is 0 Å². The van der Waals surface area contributed by atoms with Crippen molar-refractivity contribution in [2.45, 2.75) is 24.4 Å². The van der Waals surface area contributed by atoms with Gasteiger partial charge < -0.3 is 9.15 Å². The summed E-state index contributed by atoms with van der Waals surface area (Å²) in [6.07, 6.45) is -11.7. The molecule has 186 valence electrons. The van der Waals surface area contributed by atoms with Gasteiger partial charge in [0.25, 0.3) is 0 Å². The summed E-state index contributed by atoms with van der Waals surface area (Å²) in [5.41, 5.74) is -3.52. The molecule has 0 spiro atoms. The number of benzene rings is 2. The van der Waals surface area contributed by atoms with E-state index < -0.39 is 52.8 Å². The number of halogens is 6. The maximum absolute atomic E-state index is 14.3. The average Bonchev–Trinajstić information content (AvgIpc) is 3.50. The molecule has 0 saturated heterocycles. The summed E-state index contributed by atoms with van der Waals surface area (Å²) < 4.78 is 95.2. The molecule has 2 heterocycles. The Morgan fingerprint density at radius 2 is 1.36 bits per heavy atom. The second kappa shape index (κ2) is 9.52. The van der Waals surface area contributed by atoms with Crippen molar-refractivity contribution in [3.63, 3.8) is 0 Å². The van der Waals surface area contributed by atoms with Gasteiger partial charge in [0, 0.05) is 16.7 Å². The Bertz CT molecular complexity index is 1300. The smallest absolute Gasteiger partial charge is 0.449 e. The molecule has 0 saturated carbocycles. The van der Waals surface area contributed by atoms with Crippen molar-refractivity contribution in [1.82, 2.24) is 0 Å². The van der Waals surface area contributed by atoms with E-state index in [-0.39, 0.29) is 23.0 Å². The molecule has 0 aliphatic carbocycles. The third-order valence-electron chi connectivity index (χ3n) is 5.46. The maximum atomic E-state index is 14.3. The Balaban J connectivity index is 1.93. The molecule has 1 aromatic heterocycles. The van der Waals surface area contributed by atoms with E-state index in [9.17, 15) is 35.9 Å². The Morgan fingerprint density at radius 1 is 0.778 bits per heavy atom. The van der Waals surface area contributed by atoms with E-state index in [1.165, 1.54) is 60.7 Å². The number of allylic oxidation sites excluding steroid dienone is 3. The summed E-state index contributed by atoms with van der Waals surface area (Å²) in [7, 11) is 0. The van der Waals surface area contributed by atoms with Gasteiger partial charge in [-0.15, -0.1) is 0 Å². The summed E-state index contributed by atoms with van der Waals surface area (Å²) >= 11 is 0. The van der Waals surface area contributed by atoms with Crippen LogP contribution in [0.4, 0.5) is 26.3 Å². The highest BCUT2D eigenvalue weighted by molar-refractivity contribution is 6.06. The molecule has 3 aromatic rings. The van der Waals surface area contributed by atoms with Crippen LogP contribution in [0.25, 0.3) is 0 Å². The van der Waals surface area contributed by atoms with Crippen LogP contribution in [0.5, 0.6) is 0 Å². The number of rotatable bonds is 6. The molecule has 4 nitrogen and oxygen atoms in total. The largest absolute Gasteiger partial charge is 0.476 e. The van der Waals surface area contributed by atoms with Gasteiger partial charge in [-0.25, -0.2) is 0 Å². The van der Waals surface area contributed by atoms with Gasteiger partial charge in [-0.05, 0) is 18.2 Å². The van der Waals surface area contributed by atoms with Gasteiger partial charge >= 0.3 is 12.4 Å². The number of carbonyl (C=O) groups is 2. The summed E-state index contributed by atoms with van der Waals surface area (Å²) in [6.45, 7) is 0. The van der Waals surface area contributed by atoms with Gasteiger partial charge in [0.1, 0.15) is 5.76 Å². The van der Waals surface area contributed by atoms with E-state index >= 15 is 0 Å². The second-order valence-electron chi connectivity index (χ2n) is 7.79. The average molecular weight is 506 g/mol. The lowest BCUT2D eigenvalue weighted by atomic mass is 9.83. The van der Waals surface area contributed by atoms with Gasteiger partial charge in [-0.1, -0.05) is 60.7 Å². The van der Waals surface area contributed by atoms with Crippen LogP contribution < -0.4 is 0 Å². The lowest BCUT2D eigenvalue weighted by Crippen LogP contribution is -2.29. The van der Waals surface area contributed by atoms with Crippen molar-refractivity contribution in [3.8, 4) is 0 Å². The molecule has 0 unspecified atom stereocenters. The van der Waals surface area contributed by atoms with Crippen LogP contribution in [0, 0.1) is 0 Å². The standard InChI is InChI=1S/C26H16F6O4/c27-25(28,29)17(14-18(33)15-8-3-1-4-9-15)20-21(19-12-7-13-35-19)23(36-24(20)26(30,31)32)22(34)16-10-5-2-6-11-16/h1-14,21,23H/b17-14-/t21-,23+/m1/s1. The zero-order chi connectivity index (χ0) is 26.1. The molecule has 0 bridgehead atoms. The molecule has 0 amide bonds. The number of ketones is 2. The first-order valence-electron chi connectivity index (χ1n) is 10.5. The third kappa shape index (κ3) is 4.98. The Labute approximate surface area is 200 Å². The van der Waals surface area contributed by atoms with Crippen LogP contribution in [0.1, 0.15) is 32.4 Å². The van der Waals surface area contributed by atoms with Crippen molar-refractivity contribution in [2.24, 2.45) is 0 Å². The van der Waals surface area contributed by atoms with Crippen molar-refractivity contribution in [2.75, 3.05) is 0 Å². The van der Waals surface area contributed by atoms with E-state index in [0.717, 1.165) is 12.3 Å². The lowest BCUT2D eigenvalue weighted by Gasteiger charge is -2.21. The highest BCUT2D eigenvalue weighted by Gasteiger charge is 2.56. The molecule has 2 aromatic carbocycles. The number of hydrogen-bond donors (Lipinski definition) is 0. The van der Waals surface area contributed by atoms with E-state index in [0.29, 0.717) is 0 Å². The Hall–Kier alpha value is -4.08. The molecule has 10 heteroatoms. The molecule has 4 rings (SSSR count). The predicted octanol–water partition coefficient (Wildman–Crippen LogP) is 6.83. The predicted molar refractivity (Wildman–Crippen MR) is 115 cm³/mol. The van der Waals surface area contributed by atoms with Crippen LogP contribution in [0.15, 0.2) is 106 Å². The number of carbonyl (C=O) groups excluding carboxylic acids is 2. The quantitative estimate of drug-likeness (QED) is 0.209. The van der Waals surface area contributed by atoms with Crippen LogP contribution in [-0.2, 0) is 4.74 Å². The minimum atomic E-state index is -5.41. The second-order valence-corrected chi connectivity index (χ2v) is 7.79. The summed E-state index contributed by atoms with van der Waals surface area (Å²) in [6, 6.07) is 16.2. The SMILES string of the molecule is O=C(/C=C(/C1=C(C(F)(F)F)O[C@H](C(=O)c2ccccc2)[C@@H]1c1ccco1)C(F)(F)F)c1ccccc1. The van der Waals surface area contributed by atoms with Crippen molar-refractivity contribution < 1.29 is 45.1 Å². The van der Waals surface area contributed by atoms with E-state index in [1.807, 2.05) is 0 Å². The Kier molecular flexibility index (Phi) is 6.62. The molecule has 2 atom stereocenters. The van der Waals surface area contributed by atoms with Crippen molar-refractivity contribution in [3.05, 3.63) is 119 Å². The number of ether oxygens (including phenoxy) is 1. The van der Waals surface area contributed by atoms with Gasteiger partial charge in [0.2, 0.25) is 11.5 Å². The number of hydrogen-bond acceptors (Lipinski definition) is 4. The van der Waals surface area contributed by atoms with Crippen LogP contribution in [0.2, 0.25) is 0 Å². The fraction of sp³-hybridized carbons (Fsp3) is 0.154. The number of furan rings is 1. The van der Waals surface area contributed by atoms with Crippen LogP contribution >= 0.6 is 0 Å². The molecule has 0 fully saturated rings. The molecular formula is C26H16F6O4. The van der Waals surface area contributed by atoms with E-state index in [4.69, 9.17) is 9.15 Å². The first-order valence-corrected chi connectivity index (χ1v) is 10.5. The molecular weight excluding hydrogens is 490 g/mol. The van der Waals surface area contributed by atoms with Crippen LogP contribution in [-0.4, -0.2) is 30.0 Å². The third-order valence-corrected chi connectivity index (χ3v) is 5.46. The molecule has 0 N–H and O–H groups in total. The van der Waals surface area contributed by atoms with Gasteiger partial charge in [-0.2, -0.15) is 26.3 Å². The normalized spacial score (nSPS) is 18.8. The minimum absolute atomic E-state index is 0.0697. The number of alkyl halides is 6. The zero-order valence-electron chi connectivity index (χ0n) is 18.1. The van der Waals surface area contributed by atoms with E-state index in [2.05, 4.69) is 0 Å². The first-order chi connectivity index (χ1) is 17.0. The molecule has 0 radical (unpaired) electrons. The van der Waals surface area contributed by atoms with E-state index in [1.54, 1.807) is 6.07 Å². The Morgan fingerprint density at radius 3 is 1.86 bits per heavy atom. The summed E-state index contributed by atoms with van der Waals surface area (Å²) in [4.78, 5) is 25.8. The fourth-order valence-electron chi connectivity index (χ4n) is 3.92. The van der Waals surface area contributed by atoms with Gasteiger partial charge in [0.05, 0.1) is 17.8 Å². The highest BCUT2D eigenvalue weighted by atomic mass is 19.4. The van der Waals surface area contributed by atoms with Crippen molar-refractivity contribution >= 4 is 11.6 Å². The molecule has 1 aliphatic rings. The fourth-order valence-corrected chi connectivity index (χ4v) is 3.92. The van der Waals surface area contributed by atoms with Gasteiger partial charge in [-0.3, -0.25) is 9.59 Å². The number of Topliss-reactive ketones (excluding diaryl/α,β-unsaturated/α-hetero) is 1. The monoisotopic (exact) mass is 506 g/mol. The highest BCUT2D eigenvalue weighted by Crippen LogP contribution is 2.52. The van der Waals surface area contributed by atoms with Crippen LogP contribution in [0.3, 0.4) is 0 Å². The topological polar surface area (TPSA) is 56.5 Å².